The van der Waals surface area contributed by atoms with E-state index >= 15 is 0 Å². The van der Waals surface area contributed by atoms with Crippen molar-refractivity contribution in [2.24, 2.45) is 0 Å². The Kier molecular flexibility index (Phi) is 9.49. The highest BCUT2D eigenvalue weighted by Gasteiger charge is 2.22. The van der Waals surface area contributed by atoms with Crippen LogP contribution in [0.4, 0.5) is 4.79 Å². The first kappa shape index (κ1) is 23.1. The van der Waals surface area contributed by atoms with Crippen LogP contribution in [0.25, 0.3) is 0 Å². The van der Waals surface area contributed by atoms with Gasteiger partial charge in [-0.15, -0.1) is 0 Å². The van der Waals surface area contributed by atoms with E-state index in [-0.39, 0.29) is 24.5 Å². The molecule has 1 aromatic carbocycles. The Balaban J connectivity index is 2.60. The molecule has 6 nitrogen and oxygen atoms in total. The summed E-state index contributed by atoms with van der Waals surface area (Å²) < 4.78 is 15.6. The molecule has 7 heteroatoms. The van der Waals surface area contributed by atoms with Crippen LogP contribution in [0.2, 0.25) is 0 Å². The summed E-state index contributed by atoms with van der Waals surface area (Å²) in [5.74, 6) is 1.80. The van der Waals surface area contributed by atoms with Crippen molar-refractivity contribution in [3.8, 4) is 5.75 Å². The molecule has 0 spiro atoms. The number of esters is 1. The first-order valence-corrected chi connectivity index (χ1v) is 10.1. The van der Waals surface area contributed by atoms with Crippen LogP contribution in [0.5, 0.6) is 5.75 Å². The lowest BCUT2D eigenvalue weighted by Crippen LogP contribution is -2.42. The van der Waals surface area contributed by atoms with Gasteiger partial charge in [0.1, 0.15) is 11.4 Å². The molecule has 0 aliphatic heterocycles. The Bertz CT molecular complexity index is 595. The van der Waals surface area contributed by atoms with E-state index in [1.165, 1.54) is 0 Å². The third-order valence-corrected chi connectivity index (χ3v) is 4.42. The van der Waals surface area contributed by atoms with E-state index in [1.807, 2.05) is 24.3 Å². The highest BCUT2D eigenvalue weighted by Crippen LogP contribution is 2.18. The number of thioether (sulfide) groups is 1. The SMILES string of the molecule is COc1ccc(CSC[C@H](CC(=O)OC(C)C)NC(=O)OC(C)(C)C)cc1. The van der Waals surface area contributed by atoms with Crippen LogP contribution in [0.15, 0.2) is 24.3 Å². The van der Waals surface area contributed by atoms with Gasteiger partial charge in [0, 0.05) is 11.5 Å². The highest BCUT2D eigenvalue weighted by atomic mass is 32.2. The number of ether oxygens (including phenoxy) is 3. The molecule has 0 fully saturated rings. The van der Waals surface area contributed by atoms with E-state index < -0.39 is 11.7 Å². The molecule has 0 saturated heterocycles. The lowest BCUT2D eigenvalue weighted by Gasteiger charge is -2.23. The first-order valence-electron chi connectivity index (χ1n) is 8.98. The molecule has 1 amide bonds. The number of amides is 1. The number of hydrogen-bond donors (Lipinski definition) is 1. The van der Waals surface area contributed by atoms with Gasteiger partial charge in [0.25, 0.3) is 0 Å². The van der Waals surface area contributed by atoms with Crippen molar-refractivity contribution >= 4 is 23.8 Å². The molecule has 0 aliphatic rings. The van der Waals surface area contributed by atoms with Crippen LogP contribution < -0.4 is 10.1 Å². The zero-order valence-corrected chi connectivity index (χ0v) is 17.9. The van der Waals surface area contributed by atoms with Crippen molar-refractivity contribution in [1.82, 2.24) is 5.32 Å². The van der Waals surface area contributed by atoms with Gasteiger partial charge in [-0.25, -0.2) is 4.79 Å². The number of benzene rings is 1. The molecule has 152 valence electrons. The fourth-order valence-corrected chi connectivity index (χ4v) is 3.21. The van der Waals surface area contributed by atoms with Gasteiger partial charge in [0.2, 0.25) is 0 Å². The Hall–Kier alpha value is -1.89. The number of nitrogens with one attached hydrogen (secondary N) is 1. The third kappa shape index (κ3) is 10.8. The standard InChI is InChI=1S/C20H31NO5S/c1-14(2)25-18(22)11-16(21-19(23)26-20(3,4)5)13-27-12-15-7-9-17(24-6)10-8-15/h7-10,14,16H,11-13H2,1-6H3,(H,21,23)/t16-/m0/s1. The Labute approximate surface area is 166 Å². The van der Waals surface area contributed by atoms with E-state index in [1.54, 1.807) is 53.5 Å². The quantitative estimate of drug-likeness (QED) is 0.631. The first-order chi connectivity index (χ1) is 12.6. The van der Waals surface area contributed by atoms with E-state index in [0.29, 0.717) is 5.75 Å². The average molecular weight is 398 g/mol. The normalized spacial score (nSPS) is 12.4. The molecule has 0 aliphatic carbocycles. The molecule has 1 aromatic rings. The Morgan fingerprint density at radius 2 is 1.78 bits per heavy atom. The zero-order valence-electron chi connectivity index (χ0n) is 17.0. The van der Waals surface area contributed by atoms with Gasteiger partial charge in [0.15, 0.2) is 0 Å². The minimum absolute atomic E-state index is 0.104. The third-order valence-electron chi connectivity index (χ3n) is 3.25. The summed E-state index contributed by atoms with van der Waals surface area (Å²) >= 11 is 1.63. The van der Waals surface area contributed by atoms with Gasteiger partial charge >= 0.3 is 12.1 Å². The van der Waals surface area contributed by atoms with Crippen molar-refractivity contribution < 1.29 is 23.8 Å². The zero-order chi connectivity index (χ0) is 20.4. The molecular formula is C20H31NO5S. The second-order valence-corrected chi connectivity index (χ2v) is 8.48. The number of carbonyl (C=O) groups is 2. The Morgan fingerprint density at radius 1 is 1.15 bits per heavy atom. The minimum atomic E-state index is -0.594. The maximum absolute atomic E-state index is 12.1. The maximum atomic E-state index is 12.1. The maximum Gasteiger partial charge on any atom is 0.407 e. The fraction of sp³-hybridized carbons (Fsp3) is 0.600. The highest BCUT2D eigenvalue weighted by molar-refractivity contribution is 7.98. The van der Waals surface area contributed by atoms with Crippen LogP contribution in [0.1, 0.15) is 46.6 Å². The molecule has 0 aromatic heterocycles. The predicted octanol–water partition coefficient (Wildman–Crippen LogP) is 4.16. The van der Waals surface area contributed by atoms with Crippen molar-refractivity contribution in [3.05, 3.63) is 29.8 Å². The summed E-state index contributed by atoms with van der Waals surface area (Å²) in [7, 11) is 1.63. The van der Waals surface area contributed by atoms with E-state index in [4.69, 9.17) is 14.2 Å². The molecule has 0 saturated carbocycles. The molecule has 0 radical (unpaired) electrons. The number of rotatable bonds is 9. The second kappa shape index (κ2) is 11.1. The molecule has 0 bridgehead atoms. The lowest BCUT2D eigenvalue weighted by atomic mass is 10.2. The molecule has 1 rings (SSSR count). The van der Waals surface area contributed by atoms with Gasteiger partial charge in [-0.05, 0) is 52.3 Å². The van der Waals surface area contributed by atoms with Crippen molar-refractivity contribution in [1.29, 1.82) is 0 Å². The van der Waals surface area contributed by atoms with Crippen LogP contribution in [-0.4, -0.2) is 42.7 Å². The lowest BCUT2D eigenvalue weighted by molar-refractivity contribution is -0.147. The van der Waals surface area contributed by atoms with Gasteiger partial charge < -0.3 is 19.5 Å². The monoisotopic (exact) mass is 397 g/mol. The summed E-state index contributed by atoms with van der Waals surface area (Å²) in [4.78, 5) is 24.1. The van der Waals surface area contributed by atoms with Crippen LogP contribution in [-0.2, 0) is 20.0 Å². The number of methoxy groups -OCH3 is 1. The van der Waals surface area contributed by atoms with Crippen LogP contribution >= 0.6 is 11.8 Å². The van der Waals surface area contributed by atoms with Crippen LogP contribution in [0, 0.1) is 0 Å². The largest absolute Gasteiger partial charge is 0.497 e. The Morgan fingerprint density at radius 3 is 2.30 bits per heavy atom. The smallest absolute Gasteiger partial charge is 0.407 e. The molecular weight excluding hydrogens is 366 g/mol. The van der Waals surface area contributed by atoms with E-state index in [2.05, 4.69) is 5.32 Å². The summed E-state index contributed by atoms with van der Waals surface area (Å²) in [5, 5.41) is 2.78. The van der Waals surface area contributed by atoms with E-state index in [9.17, 15) is 9.59 Å². The second-order valence-electron chi connectivity index (χ2n) is 7.45. The summed E-state index contributed by atoms with van der Waals surface area (Å²) in [6.45, 7) is 8.99. The predicted molar refractivity (Wildman–Crippen MR) is 108 cm³/mol. The molecule has 0 unspecified atom stereocenters. The van der Waals surface area contributed by atoms with Crippen molar-refractivity contribution in [2.75, 3.05) is 12.9 Å². The van der Waals surface area contributed by atoms with E-state index in [0.717, 1.165) is 17.1 Å². The minimum Gasteiger partial charge on any atom is -0.497 e. The summed E-state index contributed by atoms with van der Waals surface area (Å²) in [5.41, 5.74) is 0.546. The number of carbonyl (C=O) groups excluding carboxylic acids is 2. The van der Waals surface area contributed by atoms with Crippen LogP contribution in [0.3, 0.4) is 0 Å². The van der Waals surface area contributed by atoms with Crippen molar-refractivity contribution in [3.63, 3.8) is 0 Å². The van der Waals surface area contributed by atoms with Gasteiger partial charge in [-0.2, -0.15) is 11.8 Å². The van der Waals surface area contributed by atoms with Gasteiger partial charge in [0.05, 0.1) is 25.7 Å². The van der Waals surface area contributed by atoms with Gasteiger partial charge in [-0.3, -0.25) is 4.79 Å². The van der Waals surface area contributed by atoms with Crippen molar-refractivity contribution in [2.45, 2.75) is 64.5 Å². The molecule has 1 atom stereocenters. The summed E-state index contributed by atoms with van der Waals surface area (Å²) in [6.07, 6.45) is -0.617. The summed E-state index contributed by atoms with van der Waals surface area (Å²) in [6, 6.07) is 7.44. The van der Waals surface area contributed by atoms with Gasteiger partial charge in [-0.1, -0.05) is 12.1 Å². The molecule has 27 heavy (non-hydrogen) atoms. The number of alkyl carbamates (subject to hydrolysis) is 1. The molecule has 0 heterocycles. The topological polar surface area (TPSA) is 73.9 Å². The average Bonchev–Trinajstić information content (AvgIpc) is 2.52. The number of hydrogen-bond acceptors (Lipinski definition) is 6. The molecule has 1 N–H and O–H groups in total. The fourth-order valence-electron chi connectivity index (χ4n) is 2.18.